The van der Waals surface area contributed by atoms with Crippen molar-refractivity contribution in [1.29, 1.82) is 0 Å². The van der Waals surface area contributed by atoms with Crippen LogP contribution in [0.15, 0.2) is 48.7 Å². The van der Waals surface area contributed by atoms with Gasteiger partial charge in [0.25, 0.3) is 0 Å². The largest absolute Gasteiger partial charge is 0.368 e. The van der Waals surface area contributed by atoms with Gasteiger partial charge in [0.05, 0.1) is 11.4 Å². The second-order valence-corrected chi connectivity index (χ2v) is 6.48. The van der Waals surface area contributed by atoms with Gasteiger partial charge in [-0.2, -0.15) is 4.98 Å². The van der Waals surface area contributed by atoms with Gasteiger partial charge in [-0.15, -0.1) is 0 Å². The van der Waals surface area contributed by atoms with Crippen LogP contribution in [-0.2, 0) is 13.0 Å². The predicted molar refractivity (Wildman–Crippen MR) is 100 cm³/mol. The number of fused-ring (bicyclic) bond motifs is 1. The van der Waals surface area contributed by atoms with E-state index in [2.05, 4.69) is 44.1 Å². The highest BCUT2D eigenvalue weighted by molar-refractivity contribution is 5.61. The van der Waals surface area contributed by atoms with Crippen LogP contribution >= 0.6 is 0 Å². The summed E-state index contributed by atoms with van der Waals surface area (Å²) in [4.78, 5) is 15.6. The van der Waals surface area contributed by atoms with Crippen molar-refractivity contribution in [3.63, 3.8) is 0 Å². The molecule has 2 aromatic heterocycles. The Bertz CT molecular complexity index is 889. The monoisotopic (exact) mass is 331 g/mol. The first-order chi connectivity index (χ1) is 12.2. The first-order valence-electron chi connectivity index (χ1n) is 8.58. The minimum Gasteiger partial charge on any atom is -0.368 e. The third kappa shape index (κ3) is 3.31. The minimum atomic E-state index is 0.285. The number of aryl methyl sites for hydroxylation is 2. The molecule has 0 saturated carbocycles. The summed E-state index contributed by atoms with van der Waals surface area (Å²) in [7, 11) is 0. The van der Waals surface area contributed by atoms with Crippen molar-refractivity contribution < 1.29 is 0 Å². The van der Waals surface area contributed by atoms with E-state index in [-0.39, 0.29) is 5.95 Å². The summed E-state index contributed by atoms with van der Waals surface area (Å²) in [6.07, 6.45) is 4.04. The van der Waals surface area contributed by atoms with E-state index in [9.17, 15) is 0 Å². The summed E-state index contributed by atoms with van der Waals surface area (Å²) in [6.45, 7) is 3.81. The molecule has 1 aliphatic rings. The highest BCUT2D eigenvalue weighted by atomic mass is 15.2. The van der Waals surface area contributed by atoms with E-state index >= 15 is 0 Å². The van der Waals surface area contributed by atoms with E-state index in [1.54, 1.807) is 0 Å². The average Bonchev–Trinajstić information content (AvgIpc) is 2.84. The molecule has 0 saturated heterocycles. The quantitative estimate of drug-likeness (QED) is 0.779. The van der Waals surface area contributed by atoms with E-state index < -0.39 is 0 Å². The molecular weight excluding hydrogens is 310 g/mol. The summed E-state index contributed by atoms with van der Waals surface area (Å²) in [5.41, 5.74) is 11.5. The van der Waals surface area contributed by atoms with E-state index in [4.69, 9.17) is 5.73 Å². The maximum atomic E-state index is 5.99. The topological polar surface area (TPSA) is 67.9 Å². The van der Waals surface area contributed by atoms with Crippen LogP contribution in [0.2, 0.25) is 0 Å². The summed E-state index contributed by atoms with van der Waals surface area (Å²) < 4.78 is 0. The molecule has 25 heavy (non-hydrogen) atoms. The number of pyridine rings is 1. The number of hydrogen-bond acceptors (Lipinski definition) is 5. The molecule has 0 spiro atoms. The highest BCUT2D eigenvalue weighted by Crippen LogP contribution is 2.26. The molecule has 5 heteroatoms. The van der Waals surface area contributed by atoms with Crippen molar-refractivity contribution in [2.24, 2.45) is 0 Å². The fourth-order valence-corrected chi connectivity index (χ4v) is 3.26. The zero-order valence-electron chi connectivity index (χ0n) is 14.3. The molecule has 0 unspecified atom stereocenters. The zero-order valence-corrected chi connectivity index (χ0v) is 14.3. The maximum Gasteiger partial charge on any atom is 0.222 e. The third-order valence-electron chi connectivity index (χ3n) is 4.58. The van der Waals surface area contributed by atoms with Crippen molar-refractivity contribution in [3.8, 4) is 11.4 Å². The van der Waals surface area contributed by atoms with Gasteiger partial charge in [0.1, 0.15) is 5.82 Å². The Labute approximate surface area is 147 Å². The number of benzene rings is 1. The third-order valence-corrected chi connectivity index (χ3v) is 4.58. The van der Waals surface area contributed by atoms with Crippen molar-refractivity contribution in [1.82, 2.24) is 15.0 Å². The van der Waals surface area contributed by atoms with Crippen molar-refractivity contribution >= 4 is 11.8 Å². The smallest absolute Gasteiger partial charge is 0.222 e. The molecule has 4 rings (SSSR count). The van der Waals surface area contributed by atoms with Crippen molar-refractivity contribution in [2.45, 2.75) is 26.3 Å². The van der Waals surface area contributed by atoms with Gasteiger partial charge in [-0.3, -0.25) is 4.98 Å². The van der Waals surface area contributed by atoms with E-state index in [1.807, 2.05) is 31.3 Å². The molecule has 0 fully saturated rings. The second-order valence-electron chi connectivity index (χ2n) is 6.48. The normalized spacial score (nSPS) is 14.0. The van der Waals surface area contributed by atoms with Gasteiger partial charge >= 0.3 is 0 Å². The molecule has 3 aromatic rings. The van der Waals surface area contributed by atoms with Gasteiger partial charge in [-0.05, 0) is 42.5 Å². The highest BCUT2D eigenvalue weighted by Gasteiger charge is 2.17. The Morgan fingerprint density at radius 1 is 1.00 bits per heavy atom. The molecule has 0 radical (unpaired) electrons. The molecule has 3 heterocycles. The molecule has 5 nitrogen and oxygen atoms in total. The van der Waals surface area contributed by atoms with Gasteiger partial charge in [0, 0.05) is 25.4 Å². The molecular formula is C20H21N5. The number of hydrogen-bond donors (Lipinski definition) is 1. The predicted octanol–water partition coefficient (Wildman–Crippen LogP) is 3.38. The summed E-state index contributed by atoms with van der Waals surface area (Å²) >= 11 is 0. The number of anilines is 2. The van der Waals surface area contributed by atoms with Crippen LogP contribution < -0.4 is 10.6 Å². The van der Waals surface area contributed by atoms with Gasteiger partial charge in [-0.25, -0.2) is 4.98 Å². The van der Waals surface area contributed by atoms with Crippen LogP contribution in [0.1, 0.15) is 23.1 Å². The van der Waals surface area contributed by atoms with Crippen LogP contribution in [0.5, 0.6) is 0 Å². The zero-order chi connectivity index (χ0) is 17.2. The number of nitrogens with two attached hydrogens (primary N) is 1. The summed E-state index contributed by atoms with van der Waals surface area (Å²) in [6, 6.07) is 14.6. The lowest BCUT2D eigenvalue weighted by molar-refractivity contribution is 0.754. The van der Waals surface area contributed by atoms with Gasteiger partial charge in [-0.1, -0.05) is 30.3 Å². The van der Waals surface area contributed by atoms with Crippen LogP contribution in [0.25, 0.3) is 11.4 Å². The average molecular weight is 331 g/mol. The van der Waals surface area contributed by atoms with Gasteiger partial charge in [0.15, 0.2) is 0 Å². The lowest BCUT2D eigenvalue weighted by Gasteiger charge is -2.22. The standard InChI is InChI=1S/C20H21N5/c1-14-8-9-17(22-12-14)18-11-19(24-20(21)23-18)25-10-4-7-15-5-2-3-6-16(15)13-25/h2-3,5-6,8-9,11-12H,4,7,10,13H2,1H3,(H2,21,23,24). The first kappa shape index (κ1) is 15.6. The van der Waals surface area contributed by atoms with Crippen LogP contribution in [-0.4, -0.2) is 21.5 Å². The Morgan fingerprint density at radius 2 is 1.84 bits per heavy atom. The van der Waals surface area contributed by atoms with Crippen LogP contribution in [0, 0.1) is 6.92 Å². The van der Waals surface area contributed by atoms with Crippen molar-refractivity contribution in [2.75, 3.05) is 17.2 Å². The van der Waals surface area contributed by atoms with Crippen molar-refractivity contribution in [3.05, 3.63) is 65.4 Å². The molecule has 0 atom stereocenters. The molecule has 2 N–H and O–H groups in total. The first-order valence-corrected chi connectivity index (χ1v) is 8.58. The fourth-order valence-electron chi connectivity index (χ4n) is 3.26. The Hall–Kier alpha value is -2.95. The molecule has 126 valence electrons. The lowest BCUT2D eigenvalue weighted by Crippen LogP contribution is -2.24. The summed E-state index contributed by atoms with van der Waals surface area (Å²) in [5.74, 6) is 1.15. The van der Waals surface area contributed by atoms with Crippen LogP contribution in [0.3, 0.4) is 0 Å². The minimum absolute atomic E-state index is 0.285. The number of nitrogens with zero attached hydrogens (tertiary/aromatic N) is 4. The van der Waals surface area contributed by atoms with Gasteiger partial charge < -0.3 is 10.6 Å². The number of nitrogen functional groups attached to an aromatic ring is 1. The molecule has 1 aliphatic heterocycles. The molecule has 0 bridgehead atoms. The number of aromatic nitrogens is 3. The molecule has 0 aliphatic carbocycles. The Kier molecular flexibility index (Phi) is 4.06. The second kappa shape index (κ2) is 6.51. The van der Waals surface area contributed by atoms with E-state index in [1.165, 1.54) is 11.1 Å². The Morgan fingerprint density at radius 3 is 2.64 bits per heavy atom. The maximum absolute atomic E-state index is 5.99. The van der Waals surface area contributed by atoms with Crippen LogP contribution in [0.4, 0.5) is 11.8 Å². The van der Waals surface area contributed by atoms with Gasteiger partial charge in [0.2, 0.25) is 5.95 Å². The van der Waals surface area contributed by atoms with E-state index in [0.717, 1.165) is 48.7 Å². The Balaban J connectivity index is 1.69. The molecule has 0 amide bonds. The summed E-state index contributed by atoms with van der Waals surface area (Å²) in [5, 5.41) is 0. The molecule has 1 aromatic carbocycles. The van der Waals surface area contributed by atoms with E-state index in [0.29, 0.717) is 0 Å². The SMILES string of the molecule is Cc1ccc(-c2cc(N3CCCc4ccccc4C3)nc(N)n2)nc1. The fraction of sp³-hybridized carbons (Fsp3) is 0.250. The lowest BCUT2D eigenvalue weighted by atomic mass is 10.0. The number of rotatable bonds is 2.